The number of aliphatic imine (C=N–C) groups is 1. The fraction of sp³-hybridized carbons (Fsp3) is 0.303. The highest BCUT2D eigenvalue weighted by Gasteiger charge is 2.34. The van der Waals surface area contributed by atoms with Crippen molar-refractivity contribution in [3.63, 3.8) is 0 Å². The molecule has 1 unspecified atom stereocenters. The number of halogens is 1. The summed E-state index contributed by atoms with van der Waals surface area (Å²) >= 11 is 0. The van der Waals surface area contributed by atoms with Crippen LogP contribution in [0.15, 0.2) is 75.7 Å². The van der Waals surface area contributed by atoms with Crippen molar-refractivity contribution < 1.29 is 19.1 Å². The van der Waals surface area contributed by atoms with E-state index >= 15 is 4.39 Å². The molecule has 4 aromatic rings. The number of aromatic nitrogens is 2. The number of rotatable bonds is 9. The van der Waals surface area contributed by atoms with Crippen LogP contribution in [0.25, 0.3) is 11.0 Å². The number of carboxylic acids is 1. The molecule has 220 valence electrons. The third-order valence-electron chi connectivity index (χ3n) is 8.02. The number of benzene rings is 2. The maximum atomic E-state index is 15.6. The molecule has 1 saturated heterocycles. The lowest BCUT2D eigenvalue weighted by molar-refractivity contribution is 0.0695. The van der Waals surface area contributed by atoms with E-state index in [0.29, 0.717) is 19.7 Å². The highest BCUT2D eigenvalue weighted by atomic mass is 19.1. The Morgan fingerprint density at radius 1 is 1.14 bits per heavy atom. The second kappa shape index (κ2) is 11.8. The fourth-order valence-corrected chi connectivity index (χ4v) is 5.34. The molecule has 2 aliphatic rings. The van der Waals surface area contributed by atoms with E-state index in [1.807, 2.05) is 42.5 Å². The first-order chi connectivity index (χ1) is 20.8. The van der Waals surface area contributed by atoms with Crippen molar-refractivity contribution in [3.05, 3.63) is 105 Å². The van der Waals surface area contributed by atoms with Crippen LogP contribution in [0.5, 0.6) is 0 Å². The van der Waals surface area contributed by atoms with E-state index in [1.54, 1.807) is 15.7 Å². The lowest BCUT2D eigenvalue weighted by Gasteiger charge is -2.19. The summed E-state index contributed by atoms with van der Waals surface area (Å²) in [5.74, 6) is -2.11. The third kappa shape index (κ3) is 6.04. The van der Waals surface area contributed by atoms with E-state index in [9.17, 15) is 14.7 Å². The minimum Gasteiger partial charge on any atom is -0.477 e. The van der Waals surface area contributed by atoms with Crippen LogP contribution in [0.2, 0.25) is 0 Å². The van der Waals surface area contributed by atoms with Gasteiger partial charge in [-0.2, -0.15) is 0 Å². The summed E-state index contributed by atoms with van der Waals surface area (Å²) in [5, 5.41) is 14.0. The number of anilines is 1. The molecule has 6 rings (SSSR count). The van der Waals surface area contributed by atoms with Crippen LogP contribution >= 0.6 is 0 Å². The van der Waals surface area contributed by atoms with Gasteiger partial charge in [0.1, 0.15) is 17.8 Å². The Kier molecular flexibility index (Phi) is 7.75. The Labute approximate surface area is 248 Å². The zero-order chi connectivity index (χ0) is 30.1. The maximum Gasteiger partial charge on any atom is 0.341 e. The molecule has 1 atom stereocenters. The average molecular weight is 582 g/mol. The van der Waals surface area contributed by atoms with E-state index in [1.165, 1.54) is 17.3 Å². The molecule has 2 aromatic heterocycles. The van der Waals surface area contributed by atoms with Crippen molar-refractivity contribution in [2.45, 2.75) is 39.3 Å². The van der Waals surface area contributed by atoms with Gasteiger partial charge in [-0.15, -0.1) is 0 Å². The van der Waals surface area contributed by atoms with Gasteiger partial charge in [-0.05, 0) is 55.0 Å². The molecule has 1 aliphatic heterocycles. The molecular weight excluding hydrogens is 549 g/mol. The lowest BCUT2D eigenvalue weighted by Crippen LogP contribution is -2.25. The topological polar surface area (TPSA) is 109 Å². The monoisotopic (exact) mass is 581 g/mol. The normalized spacial score (nSPS) is 17.8. The maximum absolute atomic E-state index is 15.6. The van der Waals surface area contributed by atoms with E-state index in [-0.39, 0.29) is 40.9 Å². The molecule has 10 heteroatoms. The van der Waals surface area contributed by atoms with Gasteiger partial charge in [0.05, 0.1) is 17.6 Å². The highest BCUT2D eigenvalue weighted by Crippen LogP contribution is 2.37. The van der Waals surface area contributed by atoms with E-state index in [0.717, 1.165) is 35.7 Å². The number of aryl methyl sites for hydroxylation is 2. The number of aromatic carboxylic acids is 1. The Balaban J connectivity index is 1.30. The summed E-state index contributed by atoms with van der Waals surface area (Å²) in [4.78, 5) is 41.4. The molecule has 0 spiro atoms. The van der Waals surface area contributed by atoms with Gasteiger partial charge < -0.3 is 19.4 Å². The van der Waals surface area contributed by atoms with Gasteiger partial charge >= 0.3 is 5.97 Å². The summed E-state index contributed by atoms with van der Waals surface area (Å²) in [5.41, 5.74) is 4.22. The summed E-state index contributed by atoms with van der Waals surface area (Å²) in [6.45, 7) is 5.50. The molecule has 1 saturated carbocycles. The molecule has 2 aromatic carbocycles. The van der Waals surface area contributed by atoms with Gasteiger partial charge in [0.25, 0.3) is 0 Å². The first-order valence-corrected chi connectivity index (χ1v) is 14.3. The van der Waals surface area contributed by atoms with Crippen molar-refractivity contribution in [1.29, 1.82) is 0 Å². The van der Waals surface area contributed by atoms with Gasteiger partial charge in [-0.3, -0.25) is 9.79 Å². The van der Waals surface area contributed by atoms with Crippen molar-refractivity contribution >= 4 is 34.7 Å². The Morgan fingerprint density at radius 3 is 2.65 bits per heavy atom. The van der Waals surface area contributed by atoms with Crippen LogP contribution in [0, 0.1) is 25.6 Å². The van der Waals surface area contributed by atoms with Gasteiger partial charge in [-0.25, -0.2) is 14.2 Å². The number of hydrogen-bond donors (Lipinski definition) is 1. The molecule has 9 nitrogen and oxygen atoms in total. The largest absolute Gasteiger partial charge is 0.477 e. The van der Waals surface area contributed by atoms with Gasteiger partial charge in [-0.1, -0.05) is 53.7 Å². The molecular formula is C33H32FN5O4. The molecule has 2 fully saturated rings. The Bertz CT molecular complexity index is 1810. The van der Waals surface area contributed by atoms with Crippen LogP contribution in [0.1, 0.15) is 51.5 Å². The summed E-state index contributed by atoms with van der Waals surface area (Å²) in [7, 11) is 0. The van der Waals surface area contributed by atoms with Crippen LogP contribution < -0.4 is 10.3 Å². The lowest BCUT2D eigenvalue weighted by atomic mass is 10.1. The van der Waals surface area contributed by atoms with Crippen LogP contribution in [-0.4, -0.2) is 52.2 Å². The van der Waals surface area contributed by atoms with Crippen LogP contribution in [0.4, 0.5) is 10.2 Å². The second-order valence-electron chi connectivity index (χ2n) is 11.2. The number of carboxylic acid groups (broad SMARTS) is 1. The second-order valence-corrected chi connectivity index (χ2v) is 11.2. The summed E-state index contributed by atoms with van der Waals surface area (Å²) < 4.78 is 17.3. The minimum absolute atomic E-state index is 0.0293. The number of nitrogens with zero attached hydrogens (tertiary/aromatic N) is 5. The zero-order valence-electron chi connectivity index (χ0n) is 24.0. The van der Waals surface area contributed by atoms with E-state index in [2.05, 4.69) is 35.0 Å². The molecule has 1 aliphatic carbocycles. The van der Waals surface area contributed by atoms with E-state index < -0.39 is 17.2 Å². The number of fused-ring (bicyclic) bond motifs is 1. The van der Waals surface area contributed by atoms with Crippen molar-refractivity contribution in [2.75, 3.05) is 24.5 Å². The molecule has 3 heterocycles. The molecule has 1 N–H and O–H groups in total. The quantitative estimate of drug-likeness (QED) is 0.212. The van der Waals surface area contributed by atoms with Crippen molar-refractivity contribution in [1.82, 2.24) is 9.55 Å². The first kappa shape index (κ1) is 28.3. The first-order valence-electron chi connectivity index (χ1n) is 14.3. The molecule has 0 bridgehead atoms. The van der Waals surface area contributed by atoms with Gasteiger partial charge in [0.2, 0.25) is 5.43 Å². The zero-order valence-corrected chi connectivity index (χ0v) is 24.0. The third-order valence-corrected chi connectivity index (χ3v) is 8.02. The van der Waals surface area contributed by atoms with Gasteiger partial charge in [0, 0.05) is 37.5 Å². The van der Waals surface area contributed by atoms with Crippen molar-refractivity contribution in [3.8, 4) is 0 Å². The van der Waals surface area contributed by atoms with Crippen LogP contribution in [0.3, 0.4) is 0 Å². The predicted molar refractivity (Wildman–Crippen MR) is 164 cm³/mol. The smallest absolute Gasteiger partial charge is 0.341 e. The summed E-state index contributed by atoms with van der Waals surface area (Å²) in [6.07, 6.45) is 4.81. The predicted octanol–water partition coefficient (Wildman–Crippen LogP) is 5.31. The Hall–Kier alpha value is -4.86. The number of oxime groups is 1. The molecule has 43 heavy (non-hydrogen) atoms. The number of pyridine rings is 2. The fourth-order valence-electron chi connectivity index (χ4n) is 5.34. The minimum atomic E-state index is -1.34. The molecule has 0 radical (unpaired) electrons. The standard InChI is InChI=1S/C33H32FN5O4/c1-20-8-9-23(12-21(20)2)19-43-37-29-18-38(16-24(29)15-35-14-22-6-4-3-5-7-22)32-28(34)13-26-30(40)27(33(41)42)17-39(25-10-11-25)31(26)36-32/h3-9,12-14,17,24-25H,10-11,15-16,18-19H2,1-2H3,(H,41,42)/b35-14?,37-29+. The SMILES string of the molecule is Cc1ccc(CO/N=C2\CN(c3nc4c(cc3F)c(=O)c(C(=O)O)cn4C3CC3)CC2CN=Cc2ccccc2)cc1C. The number of hydrogen-bond acceptors (Lipinski definition) is 7. The van der Waals surface area contributed by atoms with Crippen molar-refractivity contribution in [2.24, 2.45) is 16.1 Å². The van der Waals surface area contributed by atoms with E-state index in [4.69, 9.17) is 4.84 Å². The Morgan fingerprint density at radius 2 is 1.93 bits per heavy atom. The molecule has 0 amide bonds. The van der Waals surface area contributed by atoms with Crippen LogP contribution in [-0.2, 0) is 11.4 Å². The highest BCUT2D eigenvalue weighted by molar-refractivity contribution is 5.95. The van der Waals surface area contributed by atoms with Gasteiger partial charge in [0.15, 0.2) is 11.6 Å². The summed E-state index contributed by atoms with van der Waals surface area (Å²) in [6, 6.07) is 17.0. The average Bonchev–Trinajstić information content (AvgIpc) is 3.76. The number of carbonyl (C=O) groups is 1.